The Bertz CT molecular complexity index is 950. The van der Waals surface area contributed by atoms with E-state index in [9.17, 15) is 0 Å². The van der Waals surface area contributed by atoms with E-state index in [0.29, 0.717) is 48.2 Å². The largest absolute Gasteiger partial charge is 0.372 e. The van der Waals surface area contributed by atoms with Crippen molar-refractivity contribution in [3.63, 3.8) is 0 Å². The molecule has 3 fully saturated rings. The summed E-state index contributed by atoms with van der Waals surface area (Å²) in [5.74, 6) is 3.50. The first kappa shape index (κ1) is 35.4. The second kappa shape index (κ2) is 13.3. The van der Waals surface area contributed by atoms with E-state index >= 15 is 0 Å². The molecule has 0 aromatic heterocycles. The second-order valence-electron chi connectivity index (χ2n) is 16.4. The molecule has 5 heteroatoms. The lowest BCUT2D eigenvalue weighted by Crippen LogP contribution is -2.82. The number of quaternary nitrogens is 1. The zero-order valence-electron chi connectivity index (χ0n) is 30.4. The van der Waals surface area contributed by atoms with Crippen molar-refractivity contribution < 1.29 is 23.4 Å². The average molecular weight is 605 g/mol. The number of hydrogen-bond acceptors (Lipinski definition) is 4. The predicted molar refractivity (Wildman–Crippen MR) is 178 cm³/mol. The van der Waals surface area contributed by atoms with Gasteiger partial charge in [-0.2, -0.15) is 0 Å². The lowest BCUT2D eigenvalue weighted by molar-refractivity contribution is -0.968. The van der Waals surface area contributed by atoms with E-state index in [2.05, 4.69) is 89.5 Å². The molecular weight excluding hydrogens is 534 g/mol. The van der Waals surface area contributed by atoms with Gasteiger partial charge in [-0.1, -0.05) is 65.5 Å². The molecule has 5 unspecified atom stereocenters. The van der Waals surface area contributed by atoms with Crippen LogP contribution in [0.4, 0.5) is 0 Å². The summed E-state index contributed by atoms with van der Waals surface area (Å²) >= 11 is 0. The van der Waals surface area contributed by atoms with Gasteiger partial charge in [-0.3, -0.25) is 4.48 Å². The van der Waals surface area contributed by atoms with Crippen molar-refractivity contribution in [1.29, 1.82) is 0 Å². The highest BCUT2D eigenvalue weighted by atomic mass is 16.7. The van der Waals surface area contributed by atoms with E-state index in [1.165, 1.54) is 56.9 Å². The summed E-state index contributed by atoms with van der Waals surface area (Å²) in [4.78, 5) is 0. The molecule has 0 saturated heterocycles. The van der Waals surface area contributed by atoms with Gasteiger partial charge in [0.15, 0.2) is 0 Å². The Morgan fingerprint density at radius 2 is 1.49 bits per heavy atom. The topological polar surface area (TPSA) is 36.9 Å². The second-order valence-corrected chi connectivity index (χ2v) is 16.4. The van der Waals surface area contributed by atoms with Crippen LogP contribution in [0.1, 0.15) is 120 Å². The number of likely N-dealkylation sites (N-methyl/N-ethyl adjacent to an activating group) is 1. The van der Waals surface area contributed by atoms with Gasteiger partial charge in [0.1, 0.15) is 6.10 Å². The zero-order valence-corrected chi connectivity index (χ0v) is 30.4. The van der Waals surface area contributed by atoms with E-state index in [1.54, 1.807) is 0 Å². The van der Waals surface area contributed by atoms with Crippen molar-refractivity contribution in [2.75, 3.05) is 47.6 Å². The van der Waals surface area contributed by atoms with Gasteiger partial charge in [0.25, 0.3) is 11.5 Å². The third kappa shape index (κ3) is 5.62. The Kier molecular flexibility index (Phi) is 11.0. The first-order valence-electron chi connectivity index (χ1n) is 18.3. The molecule has 0 aromatic carbocycles. The molecule has 4 aliphatic carbocycles. The molecule has 0 bridgehead atoms. The zero-order chi connectivity index (χ0) is 31.8. The van der Waals surface area contributed by atoms with Crippen LogP contribution < -0.4 is 0 Å². The van der Waals surface area contributed by atoms with Crippen LogP contribution in [0.25, 0.3) is 0 Å². The summed E-state index contributed by atoms with van der Waals surface area (Å²) in [6.45, 7) is 23.3. The van der Waals surface area contributed by atoms with E-state index in [-0.39, 0.29) is 11.5 Å². The van der Waals surface area contributed by atoms with Crippen molar-refractivity contribution in [3.05, 3.63) is 11.6 Å². The SMILES string of the molecule is CCOC1C(OCC)(OCC)C(OCC)([N+](C)(C)C)CC2=CCC3C(CC[C@@]4(C)C3CC[C@@H]4[C@H](C)CCCC(C)C)[C@]21C. The highest BCUT2D eigenvalue weighted by Gasteiger charge is 2.77. The lowest BCUT2D eigenvalue weighted by Gasteiger charge is -2.67. The van der Waals surface area contributed by atoms with E-state index in [4.69, 9.17) is 18.9 Å². The first-order valence-corrected chi connectivity index (χ1v) is 18.3. The summed E-state index contributed by atoms with van der Waals surface area (Å²) in [7, 11) is 6.73. The first-order chi connectivity index (χ1) is 20.2. The molecule has 4 aliphatic rings. The van der Waals surface area contributed by atoms with Crippen molar-refractivity contribution in [2.45, 2.75) is 138 Å². The standard InChI is InChI=1S/C38H70NO4/c1-13-40-34-36(9)29(26-37(41-14-2,39(10,11)12)38(34,42-15-3)43-16-4)20-21-30-32-23-22-31(28(7)19-17-18-27(5)6)35(32,8)25-24-33(30)36/h20,27-28,30-34H,13-19,21-26H2,1-12H3/q+1/t28-,30?,31-,32?,33?,34?,35-,36+,37?/m1/s1. The summed E-state index contributed by atoms with van der Waals surface area (Å²) in [5.41, 5.74) is 1.08. The Morgan fingerprint density at radius 1 is 0.837 bits per heavy atom. The van der Waals surface area contributed by atoms with Crippen LogP contribution >= 0.6 is 0 Å². The van der Waals surface area contributed by atoms with E-state index in [1.807, 2.05) is 0 Å². The van der Waals surface area contributed by atoms with Crippen molar-refractivity contribution in [1.82, 2.24) is 0 Å². The molecule has 250 valence electrons. The third-order valence-corrected chi connectivity index (χ3v) is 13.1. The highest BCUT2D eigenvalue weighted by Crippen LogP contribution is 2.70. The number of hydrogen-bond donors (Lipinski definition) is 0. The van der Waals surface area contributed by atoms with E-state index in [0.717, 1.165) is 30.1 Å². The highest BCUT2D eigenvalue weighted by molar-refractivity contribution is 5.33. The number of nitrogens with zero attached hydrogens (tertiary/aromatic N) is 1. The van der Waals surface area contributed by atoms with Crippen LogP contribution in [0.5, 0.6) is 0 Å². The quantitative estimate of drug-likeness (QED) is 0.113. The lowest BCUT2D eigenvalue weighted by atomic mass is 9.45. The fourth-order valence-corrected chi connectivity index (χ4v) is 11.3. The maximum atomic E-state index is 7.00. The van der Waals surface area contributed by atoms with E-state index < -0.39 is 11.5 Å². The molecule has 0 spiro atoms. The van der Waals surface area contributed by atoms with Gasteiger partial charge in [-0.25, -0.2) is 0 Å². The van der Waals surface area contributed by atoms with Crippen LogP contribution in [-0.4, -0.2) is 69.7 Å². The summed E-state index contributed by atoms with van der Waals surface area (Å²) in [5, 5.41) is 0. The molecule has 0 aliphatic heterocycles. The summed E-state index contributed by atoms with van der Waals surface area (Å²) in [6, 6.07) is 0. The minimum Gasteiger partial charge on any atom is -0.372 e. The molecule has 0 radical (unpaired) electrons. The molecule has 5 nitrogen and oxygen atoms in total. The Labute approximate surface area is 266 Å². The monoisotopic (exact) mass is 605 g/mol. The van der Waals surface area contributed by atoms with Crippen LogP contribution in [0, 0.1) is 46.3 Å². The van der Waals surface area contributed by atoms with Gasteiger partial charge in [-0.15, -0.1) is 0 Å². The molecule has 0 amide bonds. The van der Waals surface area contributed by atoms with Gasteiger partial charge >= 0.3 is 0 Å². The van der Waals surface area contributed by atoms with Crippen LogP contribution in [0.2, 0.25) is 0 Å². The summed E-state index contributed by atoms with van der Waals surface area (Å²) < 4.78 is 28.4. The van der Waals surface area contributed by atoms with Crippen molar-refractivity contribution in [3.8, 4) is 0 Å². The Balaban J connectivity index is 1.78. The molecule has 0 heterocycles. The summed E-state index contributed by atoms with van der Waals surface area (Å²) in [6.07, 6.45) is 13.9. The predicted octanol–water partition coefficient (Wildman–Crippen LogP) is 8.86. The van der Waals surface area contributed by atoms with Gasteiger partial charge in [0, 0.05) is 25.2 Å². The van der Waals surface area contributed by atoms with Crippen LogP contribution in [-0.2, 0) is 18.9 Å². The van der Waals surface area contributed by atoms with Gasteiger partial charge < -0.3 is 18.9 Å². The maximum Gasteiger partial charge on any atom is 0.280 e. The molecule has 3 saturated carbocycles. The van der Waals surface area contributed by atoms with Crippen molar-refractivity contribution >= 4 is 0 Å². The molecule has 9 atom stereocenters. The third-order valence-electron chi connectivity index (χ3n) is 13.1. The van der Waals surface area contributed by atoms with Crippen LogP contribution in [0.15, 0.2) is 11.6 Å². The Morgan fingerprint density at radius 3 is 2.05 bits per heavy atom. The number of rotatable bonds is 14. The molecular formula is C38H70NO4+. The smallest absolute Gasteiger partial charge is 0.280 e. The number of allylic oxidation sites excluding steroid dienone is 1. The normalized spacial score (nSPS) is 39.7. The fraction of sp³-hybridized carbons (Fsp3) is 0.947. The fourth-order valence-electron chi connectivity index (χ4n) is 11.3. The van der Waals surface area contributed by atoms with Gasteiger partial charge in [-0.05, 0) is 101 Å². The minimum atomic E-state index is -1.02. The molecule has 0 aromatic rings. The Hall–Kier alpha value is -0.460. The average Bonchev–Trinajstić information content (AvgIpc) is 3.28. The number of fused-ring (bicyclic) bond motifs is 5. The molecule has 0 N–H and O–H groups in total. The minimum absolute atomic E-state index is 0.165. The number of ether oxygens (including phenoxy) is 4. The molecule has 43 heavy (non-hydrogen) atoms. The maximum absolute atomic E-state index is 7.00. The molecule has 4 rings (SSSR count). The van der Waals surface area contributed by atoms with Gasteiger partial charge in [0.05, 0.1) is 34.2 Å². The van der Waals surface area contributed by atoms with Gasteiger partial charge in [0.2, 0.25) is 0 Å². The van der Waals surface area contributed by atoms with Crippen LogP contribution in [0.3, 0.4) is 0 Å². The van der Waals surface area contributed by atoms with Crippen molar-refractivity contribution in [2.24, 2.45) is 46.3 Å².